The van der Waals surface area contributed by atoms with Crippen LogP contribution in [0, 0.1) is 5.92 Å². The molecule has 2 nitrogen and oxygen atoms in total. The Hall–Kier alpha value is -0.0600. The molecular formula is C12H22N2S2. The van der Waals surface area contributed by atoms with Crippen LogP contribution in [0.15, 0.2) is 5.38 Å². The number of hydrogen-bond acceptors (Lipinski definition) is 4. The van der Waals surface area contributed by atoms with Crippen molar-refractivity contribution in [1.82, 2.24) is 10.3 Å². The second kappa shape index (κ2) is 7.30. The molecule has 0 spiro atoms. The topological polar surface area (TPSA) is 24.9 Å². The molecular weight excluding hydrogens is 236 g/mol. The fourth-order valence-electron chi connectivity index (χ4n) is 1.22. The smallest absolute Gasteiger partial charge is 0.103 e. The van der Waals surface area contributed by atoms with Crippen molar-refractivity contribution in [3.8, 4) is 0 Å². The Labute approximate surface area is 107 Å². The highest BCUT2D eigenvalue weighted by Gasteiger charge is 2.03. The van der Waals surface area contributed by atoms with Crippen LogP contribution in [0.1, 0.15) is 38.4 Å². The number of nitrogens with one attached hydrogen (secondary N) is 1. The summed E-state index contributed by atoms with van der Waals surface area (Å²) >= 11 is 3.73. The highest BCUT2D eigenvalue weighted by atomic mass is 32.2. The van der Waals surface area contributed by atoms with Crippen LogP contribution >= 0.6 is 23.1 Å². The van der Waals surface area contributed by atoms with Crippen LogP contribution in [0.4, 0.5) is 0 Å². The first-order valence-corrected chi connectivity index (χ1v) is 7.76. The van der Waals surface area contributed by atoms with Crippen molar-refractivity contribution in [2.45, 2.75) is 45.2 Å². The normalized spacial score (nSPS) is 11.6. The molecule has 1 heterocycles. The maximum atomic E-state index is 4.61. The Kier molecular flexibility index (Phi) is 6.39. The van der Waals surface area contributed by atoms with Crippen LogP contribution in [0.3, 0.4) is 0 Å². The van der Waals surface area contributed by atoms with E-state index >= 15 is 0 Å². The molecule has 0 bridgehead atoms. The third-order valence-corrected chi connectivity index (χ3v) is 4.19. The third kappa shape index (κ3) is 5.87. The summed E-state index contributed by atoms with van der Waals surface area (Å²) in [5, 5.41) is 7.52. The molecule has 0 aliphatic rings. The molecule has 0 aliphatic carbocycles. The van der Waals surface area contributed by atoms with Gasteiger partial charge in [-0.1, -0.05) is 27.7 Å². The standard InChI is InChI=1S/C12H22N2S2/c1-9(2)5-13-6-11-7-16-12(14-11)8-15-10(3)4/h7,9-10,13H,5-6,8H2,1-4H3. The number of rotatable bonds is 7. The minimum Gasteiger partial charge on any atom is -0.311 e. The molecule has 1 N–H and O–H groups in total. The number of nitrogens with zero attached hydrogens (tertiary/aromatic N) is 1. The summed E-state index contributed by atoms with van der Waals surface area (Å²) in [4.78, 5) is 4.61. The summed E-state index contributed by atoms with van der Waals surface area (Å²) in [7, 11) is 0. The molecule has 4 heteroatoms. The minimum absolute atomic E-state index is 0.686. The molecule has 0 aliphatic heterocycles. The lowest BCUT2D eigenvalue weighted by atomic mass is 10.2. The Morgan fingerprint density at radius 3 is 2.75 bits per heavy atom. The van der Waals surface area contributed by atoms with Crippen LogP contribution in [0.2, 0.25) is 0 Å². The Bertz CT molecular complexity index is 295. The first-order valence-electron chi connectivity index (χ1n) is 5.83. The maximum Gasteiger partial charge on any atom is 0.103 e. The lowest BCUT2D eigenvalue weighted by Crippen LogP contribution is -2.19. The Balaban J connectivity index is 2.28. The van der Waals surface area contributed by atoms with E-state index in [0.29, 0.717) is 11.2 Å². The van der Waals surface area contributed by atoms with Gasteiger partial charge in [-0.3, -0.25) is 0 Å². The molecule has 0 unspecified atom stereocenters. The zero-order valence-electron chi connectivity index (χ0n) is 10.6. The maximum absolute atomic E-state index is 4.61. The van der Waals surface area contributed by atoms with Crippen molar-refractivity contribution in [3.63, 3.8) is 0 Å². The van der Waals surface area contributed by atoms with Crippen molar-refractivity contribution in [1.29, 1.82) is 0 Å². The first kappa shape index (κ1) is 14.0. The van der Waals surface area contributed by atoms with Gasteiger partial charge in [-0.15, -0.1) is 11.3 Å². The molecule has 0 amide bonds. The van der Waals surface area contributed by atoms with Crippen molar-refractivity contribution in [3.05, 3.63) is 16.1 Å². The van der Waals surface area contributed by atoms with Gasteiger partial charge >= 0.3 is 0 Å². The Morgan fingerprint density at radius 1 is 1.38 bits per heavy atom. The minimum atomic E-state index is 0.686. The molecule has 1 aromatic rings. The van der Waals surface area contributed by atoms with E-state index in [1.807, 2.05) is 11.8 Å². The van der Waals surface area contributed by atoms with Gasteiger partial charge in [-0.05, 0) is 17.7 Å². The van der Waals surface area contributed by atoms with Crippen LogP contribution in [0.25, 0.3) is 0 Å². The Morgan fingerprint density at radius 2 is 2.12 bits per heavy atom. The van der Waals surface area contributed by atoms with Crippen molar-refractivity contribution in [2.75, 3.05) is 6.54 Å². The largest absolute Gasteiger partial charge is 0.311 e. The van der Waals surface area contributed by atoms with E-state index in [1.165, 1.54) is 10.7 Å². The number of thioether (sulfide) groups is 1. The van der Waals surface area contributed by atoms with Gasteiger partial charge in [0.25, 0.3) is 0 Å². The first-order chi connectivity index (χ1) is 7.58. The van der Waals surface area contributed by atoms with Gasteiger partial charge in [0.1, 0.15) is 5.01 Å². The molecule has 0 aromatic carbocycles. The lowest BCUT2D eigenvalue weighted by molar-refractivity contribution is 0.549. The van der Waals surface area contributed by atoms with Gasteiger partial charge in [-0.25, -0.2) is 4.98 Å². The van der Waals surface area contributed by atoms with E-state index < -0.39 is 0 Å². The van der Waals surface area contributed by atoms with Crippen molar-refractivity contribution >= 4 is 23.1 Å². The number of hydrogen-bond donors (Lipinski definition) is 1. The summed E-state index contributed by atoms with van der Waals surface area (Å²) in [5.74, 6) is 1.75. The molecule has 0 saturated heterocycles. The average molecular weight is 258 g/mol. The summed E-state index contributed by atoms with van der Waals surface area (Å²) in [5.41, 5.74) is 1.19. The van der Waals surface area contributed by atoms with E-state index in [0.717, 1.165) is 18.8 Å². The predicted molar refractivity (Wildman–Crippen MR) is 75.1 cm³/mol. The lowest BCUT2D eigenvalue weighted by Gasteiger charge is -2.05. The SMILES string of the molecule is CC(C)CNCc1csc(CSC(C)C)n1. The molecule has 1 aromatic heterocycles. The van der Waals surface area contributed by atoms with E-state index in [2.05, 4.69) is 43.4 Å². The summed E-state index contributed by atoms with van der Waals surface area (Å²) in [6, 6.07) is 0. The third-order valence-electron chi connectivity index (χ3n) is 2.00. The molecule has 1 rings (SSSR count). The monoisotopic (exact) mass is 258 g/mol. The zero-order chi connectivity index (χ0) is 12.0. The van der Waals surface area contributed by atoms with Crippen molar-refractivity contribution in [2.24, 2.45) is 5.92 Å². The molecule has 16 heavy (non-hydrogen) atoms. The van der Waals surface area contributed by atoms with E-state index in [4.69, 9.17) is 0 Å². The number of thiazole rings is 1. The molecule has 92 valence electrons. The molecule has 0 atom stereocenters. The second-order valence-electron chi connectivity index (χ2n) is 4.62. The van der Waals surface area contributed by atoms with Gasteiger partial charge in [-0.2, -0.15) is 11.8 Å². The van der Waals surface area contributed by atoms with Crippen LogP contribution in [-0.2, 0) is 12.3 Å². The van der Waals surface area contributed by atoms with E-state index in [1.54, 1.807) is 11.3 Å². The predicted octanol–water partition coefficient (Wildman–Crippen LogP) is 3.53. The van der Waals surface area contributed by atoms with Crippen molar-refractivity contribution < 1.29 is 0 Å². The summed E-state index contributed by atoms with van der Waals surface area (Å²) in [6.07, 6.45) is 0. The van der Waals surface area contributed by atoms with Gasteiger partial charge < -0.3 is 5.32 Å². The van der Waals surface area contributed by atoms with Gasteiger partial charge in [0.2, 0.25) is 0 Å². The van der Waals surface area contributed by atoms with Crippen LogP contribution < -0.4 is 5.32 Å². The van der Waals surface area contributed by atoms with E-state index in [-0.39, 0.29) is 0 Å². The average Bonchev–Trinajstić information content (AvgIpc) is 2.62. The quantitative estimate of drug-likeness (QED) is 0.810. The molecule has 0 radical (unpaired) electrons. The molecule has 0 fully saturated rings. The summed E-state index contributed by atoms with van der Waals surface area (Å²) in [6.45, 7) is 10.9. The van der Waals surface area contributed by atoms with Crippen LogP contribution in [0.5, 0.6) is 0 Å². The van der Waals surface area contributed by atoms with Gasteiger partial charge in [0, 0.05) is 17.7 Å². The fourth-order valence-corrected chi connectivity index (χ4v) is 2.82. The molecule has 0 saturated carbocycles. The zero-order valence-corrected chi connectivity index (χ0v) is 12.3. The van der Waals surface area contributed by atoms with E-state index in [9.17, 15) is 0 Å². The van der Waals surface area contributed by atoms with Crippen LogP contribution in [-0.4, -0.2) is 16.8 Å². The number of aromatic nitrogens is 1. The summed E-state index contributed by atoms with van der Waals surface area (Å²) < 4.78 is 0. The van der Waals surface area contributed by atoms with Gasteiger partial charge in [0.05, 0.1) is 5.69 Å². The highest BCUT2D eigenvalue weighted by molar-refractivity contribution is 7.99. The second-order valence-corrected chi connectivity index (χ2v) is 7.12. The van der Waals surface area contributed by atoms with Gasteiger partial charge in [0.15, 0.2) is 0 Å². The fraction of sp³-hybridized carbons (Fsp3) is 0.750. The highest BCUT2D eigenvalue weighted by Crippen LogP contribution is 2.20.